The van der Waals surface area contributed by atoms with Gasteiger partial charge in [0, 0.05) is 5.69 Å². The van der Waals surface area contributed by atoms with E-state index in [1.807, 2.05) is 45.0 Å². The molecule has 0 bridgehead atoms. The average Bonchev–Trinajstić information content (AvgIpc) is 2.47. The number of anilines is 1. The summed E-state index contributed by atoms with van der Waals surface area (Å²) in [5.41, 5.74) is 4.30. The van der Waals surface area contributed by atoms with Gasteiger partial charge in [0.1, 0.15) is 0 Å². The number of benzene rings is 2. The number of amides is 1. The molecule has 0 saturated heterocycles. The van der Waals surface area contributed by atoms with Gasteiger partial charge in [0.25, 0.3) is 5.91 Å². The Kier molecular flexibility index (Phi) is 4.94. The summed E-state index contributed by atoms with van der Waals surface area (Å²) >= 11 is 0. The molecule has 2 rings (SSSR count). The van der Waals surface area contributed by atoms with Crippen LogP contribution in [-0.4, -0.2) is 18.5 Å². The van der Waals surface area contributed by atoms with E-state index in [2.05, 4.69) is 5.32 Å². The van der Waals surface area contributed by atoms with Crippen molar-refractivity contribution in [2.24, 2.45) is 0 Å². The molecule has 2 aromatic rings. The number of rotatable bonds is 4. The van der Waals surface area contributed by atoms with Crippen LogP contribution in [0.1, 0.15) is 27.0 Å². The summed E-state index contributed by atoms with van der Waals surface area (Å²) in [7, 11) is 0. The zero-order chi connectivity index (χ0) is 16.1. The van der Waals surface area contributed by atoms with Crippen molar-refractivity contribution < 1.29 is 14.3 Å². The van der Waals surface area contributed by atoms with E-state index >= 15 is 0 Å². The lowest BCUT2D eigenvalue weighted by molar-refractivity contribution is -0.119. The van der Waals surface area contributed by atoms with Gasteiger partial charge >= 0.3 is 5.97 Å². The van der Waals surface area contributed by atoms with E-state index < -0.39 is 5.97 Å². The van der Waals surface area contributed by atoms with Crippen molar-refractivity contribution in [2.75, 3.05) is 11.9 Å². The molecule has 1 N–H and O–H groups in total. The van der Waals surface area contributed by atoms with Crippen molar-refractivity contribution in [3.05, 3.63) is 64.7 Å². The van der Waals surface area contributed by atoms with E-state index in [4.69, 9.17) is 4.74 Å². The Morgan fingerprint density at radius 1 is 1.00 bits per heavy atom. The van der Waals surface area contributed by atoms with Crippen LogP contribution in [0.3, 0.4) is 0 Å². The molecule has 114 valence electrons. The minimum Gasteiger partial charge on any atom is -0.452 e. The van der Waals surface area contributed by atoms with Crippen molar-refractivity contribution in [3.8, 4) is 0 Å². The fourth-order valence-corrected chi connectivity index (χ4v) is 2.00. The molecule has 0 saturated carbocycles. The maximum Gasteiger partial charge on any atom is 0.338 e. The zero-order valence-electron chi connectivity index (χ0n) is 13.0. The molecule has 4 heteroatoms. The number of esters is 1. The maximum absolute atomic E-state index is 11.9. The van der Waals surface area contributed by atoms with E-state index in [9.17, 15) is 9.59 Å². The first-order chi connectivity index (χ1) is 10.5. The number of ether oxygens (including phenoxy) is 1. The summed E-state index contributed by atoms with van der Waals surface area (Å²) in [4.78, 5) is 23.7. The second-order valence-corrected chi connectivity index (χ2v) is 5.29. The van der Waals surface area contributed by atoms with Crippen LogP contribution in [0.2, 0.25) is 0 Å². The molecule has 0 aromatic heterocycles. The predicted molar refractivity (Wildman–Crippen MR) is 86.0 cm³/mol. The number of carbonyl (C=O) groups is 2. The Morgan fingerprint density at radius 2 is 1.77 bits per heavy atom. The van der Waals surface area contributed by atoms with Crippen LogP contribution in [0.25, 0.3) is 0 Å². The molecule has 0 spiro atoms. The third-order valence-corrected chi connectivity index (χ3v) is 3.38. The van der Waals surface area contributed by atoms with Crippen LogP contribution in [0.4, 0.5) is 5.69 Å². The van der Waals surface area contributed by atoms with Crippen molar-refractivity contribution in [2.45, 2.75) is 20.8 Å². The molecular weight excluding hydrogens is 278 g/mol. The molecule has 0 fully saturated rings. The van der Waals surface area contributed by atoms with E-state index in [1.54, 1.807) is 18.2 Å². The van der Waals surface area contributed by atoms with Crippen molar-refractivity contribution in [1.82, 2.24) is 0 Å². The topological polar surface area (TPSA) is 55.4 Å². The molecule has 0 aliphatic heterocycles. The number of carbonyl (C=O) groups excluding carboxylic acids is 2. The normalized spacial score (nSPS) is 10.1. The van der Waals surface area contributed by atoms with Gasteiger partial charge in [0.2, 0.25) is 0 Å². The first kappa shape index (κ1) is 15.8. The first-order valence-corrected chi connectivity index (χ1v) is 7.06. The van der Waals surface area contributed by atoms with Crippen LogP contribution in [0.15, 0.2) is 42.5 Å². The highest BCUT2D eigenvalue weighted by Crippen LogP contribution is 2.12. The molecular formula is C18H19NO3. The summed E-state index contributed by atoms with van der Waals surface area (Å²) in [6.45, 7) is 5.53. The number of hydrogen-bond donors (Lipinski definition) is 1. The van der Waals surface area contributed by atoms with Gasteiger partial charge in [-0.3, -0.25) is 4.79 Å². The number of nitrogens with one attached hydrogen (secondary N) is 1. The lowest BCUT2D eigenvalue weighted by Gasteiger charge is -2.08. The summed E-state index contributed by atoms with van der Waals surface area (Å²) in [6, 6.07) is 12.7. The van der Waals surface area contributed by atoms with Gasteiger partial charge in [-0.1, -0.05) is 18.2 Å². The maximum atomic E-state index is 11.9. The molecule has 0 aliphatic carbocycles. The van der Waals surface area contributed by atoms with E-state index in [0.29, 0.717) is 11.3 Å². The van der Waals surface area contributed by atoms with Crippen molar-refractivity contribution in [1.29, 1.82) is 0 Å². The highest BCUT2D eigenvalue weighted by Gasteiger charge is 2.11. The van der Waals surface area contributed by atoms with Gasteiger partial charge in [-0.15, -0.1) is 0 Å². The van der Waals surface area contributed by atoms with Crippen LogP contribution in [-0.2, 0) is 9.53 Å². The van der Waals surface area contributed by atoms with E-state index in [1.165, 1.54) is 0 Å². The van der Waals surface area contributed by atoms with Crippen molar-refractivity contribution in [3.63, 3.8) is 0 Å². The Bertz CT molecular complexity index is 707. The summed E-state index contributed by atoms with van der Waals surface area (Å²) in [6.07, 6.45) is 0. The van der Waals surface area contributed by atoms with Crippen LogP contribution in [0, 0.1) is 20.8 Å². The van der Waals surface area contributed by atoms with E-state index in [0.717, 1.165) is 16.7 Å². The quantitative estimate of drug-likeness (QED) is 0.880. The van der Waals surface area contributed by atoms with Gasteiger partial charge in [-0.05, 0) is 61.7 Å². The van der Waals surface area contributed by atoms with Gasteiger partial charge in [0.05, 0.1) is 5.56 Å². The second-order valence-electron chi connectivity index (χ2n) is 5.29. The third kappa shape index (κ3) is 4.19. The molecule has 1 amide bonds. The Labute approximate surface area is 130 Å². The SMILES string of the molecule is Cc1cccc(NC(=O)COC(=O)c2ccc(C)c(C)c2)c1. The van der Waals surface area contributed by atoms with Crippen LogP contribution in [0.5, 0.6) is 0 Å². The molecule has 0 atom stereocenters. The minimum atomic E-state index is -0.498. The van der Waals surface area contributed by atoms with Crippen LogP contribution >= 0.6 is 0 Å². The smallest absolute Gasteiger partial charge is 0.338 e. The minimum absolute atomic E-state index is 0.306. The van der Waals surface area contributed by atoms with Crippen LogP contribution < -0.4 is 5.32 Å². The monoisotopic (exact) mass is 297 g/mol. The third-order valence-electron chi connectivity index (χ3n) is 3.38. The standard InChI is InChI=1S/C18H19NO3/c1-12-5-4-6-16(9-12)19-17(20)11-22-18(21)15-8-7-13(2)14(3)10-15/h4-10H,11H2,1-3H3,(H,19,20). The summed E-state index contributed by atoms with van der Waals surface area (Å²) in [5.74, 6) is -0.856. The molecule has 0 aliphatic rings. The van der Waals surface area contributed by atoms with Gasteiger partial charge < -0.3 is 10.1 Å². The van der Waals surface area contributed by atoms with Gasteiger partial charge in [-0.2, -0.15) is 0 Å². The second kappa shape index (κ2) is 6.89. The molecule has 0 unspecified atom stereocenters. The first-order valence-electron chi connectivity index (χ1n) is 7.06. The predicted octanol–water partition coefficient (Wildman–Crippen LogP) is 3.41. The Balaban J connectivity index is 1.90. The largest absolute Gasteiger partial charge is 0.452 e. The molecule has 0 heterocycles. The zero-order valence-corrected chi connectivity index (χ0v) is 13.0. The lowest BCUT2D eigenvalue weighted by Crippen LogP contribution is -2.21. The number of hydrogen-bond acceptors (Lipinski definition) is 3. The number of aryl methyl sites for hydroxylation is 3. The fraction of sp³-hybridized carbons (Fsp3) is 0.222. The lowest BCUT2D eigenvalue weighted by atomic mass is 10.1. The highest BCUT2D eigenvalue weighted by molar-refractivity contribution is 5.95. The molecule has 22 heavy (non-hydrogen) atoms. The highest BCUT2D eigenvalue weighted by atomic mass is 16.5. The molecule has 2 aromatic carbocycles. The van der Waals surface area contributed by atoms with Gasteiger partial charge in [-0.25, -0.2) is 4.79 Å². The molecule has 0 radical (unpaired) electrons. The fourth-order valence-electron chi connectivity index (χ4n) is 2.00. The average molecular weight is 297 g/mol. The van der Waals surface area contributed by atoms with Gasteiger partial charge in [0.15, 0.2) is 6.61 Å². The molecule has 4 nitrogen and oxygen atoms in total. The Hall–Kier alpha value is -2.62. The Morgan fingerprint density at radius 3 is 2.45 bits per heavy atom. The van der Waals surface area contributed by atoms with E-state index in [-0.39, 0.29) is 12.5 Å². The summed E-state index contributed by atoms with van der Waals surface area (Å²) in [5, 5.41) is 2.69. The summed E-state index contributed by atoms with van der Waals surface area (Å²) < 4.78 is 5.04. The van der Waals surface area contributed by atoms with Crippen molar-refractivity contribution >= 4 is 17.6 Å².